The van der Waals surface area contributed by atoms with E-state index in [0.29, 0.717) is 25.8 Å². The van der Waals surface area contributed by atoms with Crippen LogP contribution >= 0.6 is 0 Å². The lowest BCUT2D eigenvalue weighted by molar-refractivity contribution is -0.150. The van der Waals surface area contributed by atoms with E-state index in [4.69, 9.17) is 10.5 Å². The molecular formula is C23H33N3O5. The number of rotatable bonds is 6. The number of nitrogens with one attached hydrogen (secondary N) is 1. The van der Waals surface area contributed by atoms with Crippen molar-refractivity contribution in [2.24, 2.45) is 11.7 Å². The fourth-order valence-electron chi connectivity index (χ4n) is 3.33. The lowest BCUT2D eigenvalue weighted by atomic mass is 9.98. The van der Waals surface area contributed by atoms with E-state index in [9.17, 15) is 19.5 Å². The van der Waals surface area contributed by atoms with Crippen molar-refractivity contribution in [2.75, 3.05) is 19.7 Å². The van der Waals surface area contributed by atoms with E-state index >= 15 is 0 Å². The molecular weight excluding hydrogens is 398 g/mol. The Hall–Kier alpha value is -2.71. The predicted octanol–water partition coefficient (Wildman–Crippen LogP) is 1.13. The molecule has 2 amide bonds. The number of carbonyl (C=O) groups is 3. The number of aliphatic hydroxyl groups excluding tert-OH is 1. The molecule has 31 heavy (non-hydrogen) atoms. The molecule has 0 saturated carbocycles. The third kappa shape index (κ3) is 8.51. The van der Waals surface area contributed by atoms with Crippen molar-refractivity contribution in [1.29, 1.82) is 0 Å². The summed E-state index contributed by atoms with van der Waals surface area (Å²) in [6.07, 6.45) is 4.66. The molecule has 1 aliphatic heterocycles. The first kappa shape index (κ1) is 24.6. The Morgan fingerprint density at radius 1 is 1.26 bits per heavy atom. The third-order valence-corrected chi connectivity index (χ3v) is 5.15. The van der Waals surface area contributed by atoms with E-state index in [1.807, 2.05) is 42.5 Å². The number of carbonyl (C=O) groups excluding carboxylic acids is 3. The minimum absolute atomic E-state index is 0.0245. The molecule has 170 valence electrons. The number of allylic oxidation sites excluding steroid dienone is 2. The van der Waals surface area contributed by atoms with Crippen LogP contribution in [-0.4, -0.2) is 59.6 Å². The van der Waals surface area contributed by atoms with Gasteiger partial charge in [0.05, 0.1) is 19.1 Å². The number of ether oxygens (including phenoxy) is 1. The van der Waals surface area contributed by atoms with Gasteiger partial charge in [0.1, 0.15) is 12.1 Å². The lowest BCUT2D eigenvalue weighted by Gasteiger charge is -2.24. The zero-order chi connectivity index (χ0) is 22.6. The standard InChI is InChI=1S/C23H33N3O5/c1-17-15-25-22(29)19(10-6-3-7-11-20(24)23(30)31-17)14-21(28)26(12-13-27)16-18-8-4-2-5-9-18/h2-6,8-9,17,19-20,27H,7,10-16,24H2,1H3,(H,25,29)/b6-3+/t17-,19+,20-/m0/s1. The molecule has 1 aliphatic rings. The van der Waals surface area contributed by atoms with E-state index in [0.717, 1.165) is 5.56 Å². The van der Waals surface area contributed by atoms with E-state index in [1.54, 1.807) is 11.8 Å². The van der Waals surface area contributed by atoms with Gasteiger partial charge in [0.2, 0.25) is 11.8 Å². The molecule has 0 fully saturated rings. The number of hydrogen-bond donors (Lipinski definition) is 3. The Morgan fingerprint density at radius 3 is 2.71 bits per heavy atom. The maximum atomic E-state index is 13.0. The Bertz CT molecular complexity index is 753. The summed E-state index contributed by atoms with van der Waals surface area (Å²) < 4.78 is 5.27. The van der Waals surface area contributed by atoms with Gasteiger partial charge in [-0.25, -0.2) is 0 Å². The maximum absolute atomic E-state index is 13.0. The zero-order valence-corrected chi connectivity index (χ0v) is 18.0. The van der Waals surface area contributed by atoms with Gasteiger partial charge in [0, 0.05) is 19.5 Å². The zero-order valence-electron chi connectivity index (χ0n) is 18.0. The fourth-order valence-corrected chi connectivity index (χ4v) is 3.33. The lowest BCUT2D eigenvalue weighted by Crippen LogP contribution is -2.41. The van der Waals surface area contributed by atoms with Crippen molar-refractivity contribution in [3.63, 3.8) is 0 Å². The summed E-state index contributed by atoms with van der Waals surface area (Å²) in [6.45, 7) is 2.25. The summed E-state index contributed by atoms with van der Waals surface area (Å²) in [7, 11) is 0. The highest BCUT2D eigenvalue weighted by Gasteiger charge is 2.25. The summed E-state index contributed by atoms with van der Waals surface area (Å²) in [5.41, 5.74) is 6.79. The van der Waals surface area contributed by atoms with Gasteiger partial charge in [0.15, 0.2) is 0 Å². The van der Waals surface area contributed by atoms with Crippen molar-refractivity contribution >= 4 is 17.8 Å². The van der Waals surface area contributed by atoms with E-state index in [1.165, 1.54) is 0 Å². The van der Waals surface area contributed by atoms with E-state index in [-0.39, 0.29) is 37.9 Å². The monoisotopic (exact) mass is 431 g/mol. The Labute approximate surface area is 183 Å². The van der Waals surface area contributed by atoms with Gasteiger partial charge in [0.25, 0.3) is 0 Å². The van der Waals surface area contributed by atoms with E-state index in [2.05, 4.69) is 5.32 Å². The Kier molecular flexibility index (Phi) is 10.2. The number of nitrogens with zero attached hydrogens (tertiary/aromatic N) is 1. The highest BCUT2D eigenvalue weighted by molar-refractivity contribution is 5.86. The molecule has 2 rings (SSSR count). The van der Waals surface area contributed by atoms with Gasteiger partial charge in [-0.2, -0.15) is 0 Å². The van der Waals surface area contributed by atoms with Gasteiger partial charge in [-0.15, -0.1) is 0 Å². The molecule has 0 radical (unpaired) electrons. The molecule has 4 N–H and O–H groups in total. The average molecular weight is 432 g/mol. The molecule has 0 bridgehead atoms. The van der Waals surface area contributed by atoms with Crippen molar-refractivity contribution in [1.82, 2.24) is 10.2 Å². The third-order valence-electron chi connectivity index (χ3n) is 5.15. The van der Waals surface area contributed by atoms with Crippen molar-refractivity contribution in [2.45, 2.75) is 51.3 Å². The van der Waals surface area contributed by atoms with Gasteiger partial charge < -0.3 is 25.8 Å². The normalized spacial score (nSPS) is 24.0. The molecule has 0 aromatic heterocycles. The quantitative estimate of drug-likeness (QED) is 0.458. The Morgan fingerprint density at radius 2 is 2.00 bits per heavy atom. The first-order valence-corrected chi connectivity index (χ1v) is 10.7. The largest absolute Gasteiger partial charge is 0.460 e. The number of amides is 2. The van der Waals surface area contributed by atoms with Crippen LogP contribution in [0.1, 0.15) is 38.2 Å². The van der Waals surface area contributed by atoms with Crippen molar-refractivity contribution in [3.8, 4) is 0 Å². The highest BCUT2D eigenvalue weighted by Crippen LogP contribution is 2.16. The van der Waals surface area contributed by atoms with Gasteiger partial charge >= 0.3 is 5.97 Å². The molecule has 3 atom stereocenters. The summed E-state index contributed by atoms with van der Waals surface area (Å²) >= 11 is 0. The first-order valence-electron chi connectivity index (χ1n) is 10.7. The molecule has 8 heteroatoms. The van der Waals surface area contributed by atoms with Crippen molar-refractivity contribution in [3.05, 3.63) is 48.0 Å². The minimum Gasteiger partial charge on any atom is -0.460 e. The van der Waals surface area contributed by atoms with Crippen LogP contribution in [0.3, 0.4) is 0 Å². The molecule has 1 aromatic rings. The molecule has 1 heterocycles. The summed E-state index contributed by atoms with van der Waals surface area (Å²) in [6, 6.07) is 8.82. The van der Waals surface area contributed by atoms with Crippen LogP contribution in [0.4, 0.5) is 0 Å². The summed E-state index contributed by atoms with van der Waals surface area (Å²) in [5.74, 6) is -1.51. The van der Waals surface area contributed by atoms with Gasteiger partial charge in [-0.05, 0) is 31.7 Å². The smallest absolute Gasteiger partial charge is 0.323 e. The van der Waals surface area contributed by atoms with Crippen LogP contribution in [-0.2, 0) is 25.7 Å². The minimum atomic E-state index is -0.703. The van der Waals surface area contributed by atoms with Crippen LogP contribution in [0.15, 0.2) is 42.5 Å². The molecule has 0 unspecified atom stereocenters. The van der Waals surface area contributed by atoms with Crippen LogP contribution < -0.4 is 11.1 Å². The topological polar surface area (TPSA) is 122 Å². The summed E-state index contributed by atoms with van der Waals surface area (Å²) in [4.78, 5) is 39.2. The van der Waals surface area contributed by atoms with E-state index < -0.39 is 24.0 Å². The second-order valence-electron chi connectivity index (χ2n) is 7.81. The second kappa shape index (κ2) is 12.9. The summed E-state index contributed by atoms with van der Waals surface area (Å²) in [5, 5.41) is 12.2. The fraction of sp³-hybridized carbons (Fsp3) is 0.522. The molecule has 1 aromatic carbocycles. The highest BCUT2D eigenvalue weighted by atomic mass is 16.5. The molecule has 8 nitrogen and oxygen atoms in total. The number of aliphatic hydroxyl groups is 1. The second-order valence-corrected chi connectivity index (χ2v) is 7.81. The molecule has 0 spiro atoms. The number of hydrogen-bond acceptors (Lipinski definition) is 6. The number of benzene rings is 1. The molecule has 0 saturated heterocycles. The van der Waals surface area contributed by atoms with Crippen LogP contribution in [0, 0.1) is 5.92 Å². The number of esters is 1. The first-order chi connectivity index (χ1) is 14.9. The predicted molar refractivity (Wildman–Crippen MR) is 117 cm³/mol. The average Bonchev–Trinajstić information content (AvgIpc) is 2.76. The van der Waals surface area contributed by atoms with Crippen LogP contribution in [0.5, 0.6) is 0 Å². The SMILES string of the molecule is C[C@H]1CNC(=O)[C@@H](CC(=O)N(CCO)Cc2ccccc2)C/C=C/CC[C@H](N)C(=O)O1. The van der Waals surface area contributed by atoms with Gasteiger partial charge in [-0.3, -0.25) is 14.4 Å². The van der Waals surface area contributed by atoms with Crippen LogP contribution in [0.25, 0.3) is 0 Å². The van der Waals surface area contributed by atoms with Crippen molar-refractivity contribution < 1.29 is 24.2 Å². The number of nitrogens with two attached hydrogens (primary N) is 1. The van der Waals surface area contributed by atoms with Crippen LogP contribution in [0.2, 0.25) is 0 Å². The maximum Gasteiger partial charge on any atom is 0.323 e. The Balaban J connectivity index is 2.07. The van der Waals surface area contributed by atoms with Gasteiger partial charge in [-0.1, -0.05) is 42.5 Å². The molecule has 0 aliphatic carbocycles. The number of cyclic esters (lactones) is 1.